The standard InChI is InChI=1S/C14H12O2.2C2H6/c1-10-5-2-3-8-13(10)11-6-4-7-12(9-11)14(15)16;2*1-2/h2-9H,1H3,(H,15,16);2*1-2H3. The fraction of sp³-hybridized carbons (Fsp3) is 0.278. The van der Waals surface area contributed by atoms with Crippen molar-refractivity contribution in [1.82, 2.24) is 0 Å². The van der Waals surface area contributed by atoms with Crippen LogP contribution in [-0.4, -0.2) is 11.1 Å². The van der Waals surface area contributed by atoms with E-state index >= 15 is 0 Å². The summed E-state index contributed by atoms with van der Waals surface area (Å²) in [5.74, 6) is -0.893. The van der Waals surface area contributed by atoms with Gasteiger partial charge >= 0.3 is 5.97 Å². The van der Waals surface area contributed by atoms with Crippen molar-refractivity contribution < 1.29 is 9.90 Å². The Kier molecular flexibility index (Phi) is 8.77. The topological polar surface area (TPSA) is 37.3 Å². The van der Waals surface area contributed by atoms with Crippen LogP contribution in [0.5, 0.6) is 0 Å². The van der Waals surface area contributed by atoms with Crippen LogP contribution in [0.25, 0.3) is 11.1 Å². The zero-order valence-corrected chi connectivity index (χ0v) is 13.0. The number of hydrogen-bond donors (Lipinski definition) is 1. The molecule has 0 saturated heterocycles. The Morgan fingerprint density at radius 1 is 0.900 bits per heavy atom. The molecule has 1 N–H and O–H groups in total. The highest BCUT2D eigenvalue weighted by atomic mass is 16.4. The minimum absolute atomic E-state index is 0.320. The second-order valence-corrected chi connectivity index (χ2v) is 3.70. The van der Waals surface area contributed by atoms with E-state index in [9.17, 15) is 4.79 Å². The SMILES string of the molecule is CC.CC.Cc1ccccc1-c1cccc(C(=O)O)c1. The highest BCUT2D eigenvalue weighted by Crippen LogP contribution is 2.23. The maximum Gasteiger partial charge on any atom is 0.335 e. The van der Waals surface area contributed by atoms with Gasteiger partial charge in [-0.25, -0.2) is 4.79 Å². The summed E-state index contributed by atoms with van der Waals surface area (Å²) in [4.78, 5) is 10.9. The van der Waals surface area contributed by atoms with E-state index in [1.165, 1.54) is 0 Å². The molecule has 0 heterocycles. The Morgan fingerprint density at radius 2 is 1.50 bits per heavy atom. The van der Waals surface area contributed by atoms with Crippen molar-refractivity contribution in [2.45, 2.75) is 34.6 Å². The first-order chi connectivity index (χ1) is 9.68. The van der Waals surface area contributed by atoms with Gasteiger partial charge in [-0.3, -0.25) is 0 Å². The molecule has 0 saturated carbocycles. The number of carbonyl (C=O) groups is 1. The Morgan fingerprint density at radius 3 is 2.05 bits per heavy atom. The first kappa shape index (κ1) is 17.9. The van der Waals surface area contributed by atoms with E-state index < -0.39 is 5.97 Å². The van der Waals surface area contributed by atoms with Crippen LogP contribution >= 0.6 is 0 Å². The van der Waals surface area contributed by atoms with Gasteiger partial charge in [0.05, 0.1) is 5.56 Å². The van der Waals surface area contributed by atoms with Gasteiger partial charge < -0.3 is 5.11 Å². The summed E-state index contributed by atoms with van der Waals surface area (Å²) >= 11 is 0. The molecule has 2 aromatic rings. The summed E-state index contributed by atoms with van der Waals surface area (Å²) in [7, 11) is 0. The van der Waals surface area contributed by atoms with E-state index in [1.54, 1.807) is 18.2 Å². The van der Waals surface area contributed by atoms with E-state index in [4.69, 9.17) is 5.11 Å². The van der Waals surface area contributed by atoms with Gasteiger partial charge in [0.15, 0.2) is 0 Å². The Bertz CT molecular complexity index is 530. The molecule has 0 atom stereocenters. The molecular weight excluding hydrogens is 248 g/mol. The molecule has 0 aromatic heterocycles. The van der Waals surface area contributed by atoms with Crippen LogP contribution in [0.1, 0.15) is 43.6 Å². The molecule has 0 aliphatic rings. The van der Waals surface area contributed by atoms with Gasteiger partial charge in [0.1, 0.15) is 0 Å². The molecule has 2 rings (SSSR count). The van der Waals surface area contributed by atoms with Crippen molar-refractivity contribution in [2.24, 2.45) is 0 Å². The van der Waals surface area contributed by atoms with Gasteiger partial charge in [0, 0.05) is 0 Å². The van der Waals surface area contributed by atoms with Gasteiger partial charge in [-0.15, -0.1) is 0 Å². The molecule has 0 bridgehead atoms. The fourth-order valence-electron chi connectivity index (χ4n) is 1.72. The van der Waals surface area contributed by atoms with Crippen molar-refractivity contribution in [3.05, 3.63) is 59.7 Å². The quantitative estimate of drug-likeness (QED) is 0.793. The molecule has 0 amide bonds. The maximum atomic E-state index is 10.9. The minimum atomic E-state index is -0.893. The highest BCUT2D eigenvalue weighted by molar-refractivity contribution is 5.89. The van der Waals surface area contributed by atoms with Crippen molar-refractivity contribution in [1.29, 1.82) is 0 Å². The van der Waals surface area contributed by atoms with E-state index in [0.29, 0.717) is 5.56 Å². The number of benzene rings is 2. The number of carboxylic acids is 1. The molecule has 0 aliphatic carbocycles. The van der Waals surface area contributed by atoms with Crippen LogP contribution in [0, 0.1) is 6.92 Å². The minimum Gasteiger partial charge on any atom is -0.478 e. The monoisotopic (exact) mass is 272 g/mol. The van der Waals surface area contributed by atoms with Crippen molar-refractivity contribution >= 4 is 5.97 Å². The summed E-state index contributed by atoms with van der Waals surface area (Å²) in [6.45, 7) is 10.0. The van der Waals surface area contributed by atoms with Crippen LogP contribution in [0.2, 0.25) is 0 Å². The van der Waals surface area contributed by atoms with Crippen molar-refractivity contribution in [3.63, 3.8) is 0 Å². The summed E-state index contributed by atoms with van der Waals surface area (Å²) < 4.78 is 0. The zero-order valence-electron chi connectivity index (χ0n) is 13.0. The Hall–Kier alpha value is -2.09. The molecular formula is C18H24O2. The van der Waals surface area contributed by atoms with E-state index in [1.807, 2.05) is 65.0 Å². The average Bonchev–Trinajstić information content (AvgIpc) is 2.52. The smallest absolute Gasteiger partial charge is 0.335 e. The number of aromatic carboxylic acids is 1. The van der Waals surface area contributed by atoms with Crippen LogP contribution in [0.3, 0.4) is 0 Å². The third kappa shape index (κ3) is 4.88. The molecule has 0 fully saturated rings. The Labute approximate surface area is 122 Å². The summed E-state index contributed by atoms with van der Waals surface area (Å²) in [6, 6.07) is 14.9. The number of aryl methyl sites for hydroxylation is 1. The fourth-order valence-corrected chi connectivity index (χ4v) is 1.72. The molecule has 2 nitrogen and oxygen atoms in total. The zero-order chi connectivity index (χ0) is 15.5. The lowest BCUT2D eigenvalue weighted by Crippen LogP contribution is -1.96. The van der Waals surface area contributed by atoms with Crippen LogP contribution in [0.4, 0.5) is 0 Å². The summed E-state index contributed by atoms with van der Waals surface area (Å²) in [6.07, 6.45) is 0. The molecule has 0 spiro atoms. The molecule has 2 aromatic carbocycles. The van der Waals surface area contributed by atoms with Gasteiger partial charge in [-0.2, -0.15) is 0 Å². The number of rotatable bonds is 2. The molecule has 20 heavy (non-hydrogen) atoms. The molecule has 108 valence electrons. The molecule has 0 unspecified atom stereocenters. The summed E-state index contributed by atoms with van der Waals surface area (Å²) in [5, 5.41) is 8.93. The van der Waals surface area contributed by atoms with Crippen molar-refractivity contribution in [2.75, 3.05) is 0 Å². The third-order valence-corrected chi connectivity index (χ3v) is 2.57. The van der Waals surface area contributed by atoms with Crippen LogP contribution < -0.4 is 0 Å². The lowest BCUT2D eigenvalue weighted by atomic mass is 9.99. The van der Waals surface area contributed by atoms with E-state index in [0.717, 1.165) is 16.7 Å². The van der Waals surface area contributed by atoms with Crippen LogP contribution in [0.15, 0.2) is 48.5 Å². The second kappa shape index (κ2) is 9.79. The van der Waals surface area contributed by atoms with E-state index in [2.05, 4.69) is 0 Å². The van der Waals surface area contributed by atoms with Gasteiger partial charge in [0.2, 0.25) is 0 Å². The first-order valence-electron chi connectivity index (χ1n) is 7.08. The average molecular weight is 272 g/mol. The second-order valence-electron chi connectivity index (χ2n) is 3.70. The highest BCUT2D eigenvalue weighted by Gasteiger charge is 2.05. The van der Waals surface area contributed by atoms with E-state index in [-0.39, 0.29) is 0 Å². The van der Waals surface area contributed by atoms with Gasteiger partial charge in [-0.05, 0) is 35.7 Å². The normalized spacial score (nSPS) is 8.65. The predicted octanol–water partition coefficient (Wildman–Crippen LogP) is 5.41. The third-order valence-electron chi connectivity index (χ3n) is 2.57. The van der Waals surface area contributed by atoms with Crippen molar-refractivity contribution in [3.8, 4) is 11.1 Å². The number of carboxylic acid groups (broad SMARTS) is 1. The number of hydrogen-bond acceptors (Lipinski definition) is 1. The predicted molar refractivity (Wildman–Crippen MR) is 86.3 cm³/mol. The van der Waals surface area contributed by atoms with Crippen LogP contribution in [-0.2, 0) is 0 Å². The van der Waals surface area contributed by atoms with Gasteiger partial charge in [0.25, 0.3) is 0 Å². The first-order valence-corrected chi connectivity index (χ1v) is 7.08. The molecule has 0 radical (unpaired) electrons. The largest absolute Gasteiger partial charge is 0.478 e. The maximum absolute atomic E-state index is 10.9. The lowest BCUT2D eigenvalue weighted by Gasteiger charge is -2.06. The lowest BCUT2D eigenvalue weighted by molar-refractivity contribution is 0.0697. The van der Waals surface area contributed by atoms with Gasteiger partial charge in [-0.1, -0.05) is 64.1 Å². The molecule has 0 aliphatic heterocycles. The Balaban J connectivity index is 0.000000829. The molecule has 2 heteroatoms. The summed E-state index contributed by atoms with van der Waals surface area (Å²) in [5.41, 5.74) is 3.48.